The fraction of sp³-hybridized carbons (Fsp3) is 0.500. The standard InChI is InChI=1S/C14H19BrN2OS/c1-10-9-17(8-7-16-10)14(18)11(2)19-13-5-3-12(15)4-6-13/h3-6,10-11,16H,7-9H2,1-2H3. The summed E-state index contributed by atoms with van der Waals surface area (Å²) in [6.07, 6.45) is 0. The van der Waals surface area contributed by atoms with Gasteiger partial charge in [-0.05, 0) is 38.1 Å². The van der Waals surface area contributed by atoms with Gasteiger partial charge in [-0.25, -0.2) is 0 Å². The summed E-state index contributed by atoms with van der Waals surface area (Å²) in [7, 11) is 0. The highest BCUT2D eigenvalue weighted by molar-refractivity contribution is 9.10. The van der Waals surface area contributed by atoms with Crippen molar-refractivity contribution < 1.29 is 4.79 Å². The summed E-state index contributed by atoms with van der Waals surface area (Å²) in [5.41, 5.74) is 0. The number of hydrogen-bond acceptors (Lipinski definition) is 3. The molecule has 1 aromatic rings. The molecule has 0 aliphatic carbocycles. The van der Waals surface area contributed by atoms with E-state index in [4.69, 9.17) is 0 Å². The molecule has 2 unspecified atom stereocenters. The summed E-state index contributed by atoms with van der Waals surface area (Å²) in [4.78, 5) is 15.5. The van der Waals surface area contributed by atoms with Crippen LogP contribution in [0.3, 0.4) is 0 Å². The summed E-state index contributed by atoms with van der Waals surface area (Å²) in [6, 6.07) is 8.49. The fourth-order valence-corrected chi connectivity index (χ4v) is 3.37. The van der Waals surface area contributed by atoms with Gasteiger partial charge < -0.3 is 10.2 Å². The third kappa shape index (κ3) is 4.23. The molecule has 1 saturated heterocycles. The van der Waals surface area contributed by atoms with Crippen molar-refractivity contribution in [2.75, 3.05) is 19.6 Å². The number of nitrogens with zero attached hydrogens (tertiary/aromatic N) is 1. The molecule has 3 nitrogen and oxygen atoms in total. The molecule has 5 heteroatoms. The Morgan fingerprint density at radius 2 is 2.16 bits per heavy atom. The maximum absolute atomic E-state index is 12.4. The van der Waals surface area contributed by atoms with Crippen LogP contribution in [0.15, 0.2) is 33.6 Å². The van der Waals surface area contributed by atoms with Crippen molar-refractivity contribution in [3.63, 3.8) is 0 Å². The first-order valence-corrected chi connectivity index (χ1v) is 8.18. The van der Waals surface area contributed by atoms with Crippen molar-refractivity contribution >= 4 is 33.6 Å². The number of hydrogen-bond donors (Lipinski definition) is 1. The number of amides is 1. The smallest absolute Gasteiger partial charge is 0.235 e. The first-order valence-electron chi connectivity index (χ1n) is 6.50. The van der Waals surface area contributed by atoms with Crippen molar-refractivity contribution in [1.82, 2.24) is 10.2 Å². The average molecular weight is 343 g/mol. The highest BCUT2D eigenvalue weighted by atomic mass is 79.9. The Balaban J connectivity index is 1.93. The van der Waals surface area contributed by atoms with Gasteiger partial charge in [0.2, 0.25) is 5.91 Å². The minimum Gasteiger partial charge on any atom is -0.339 e. The topological polar surface area (TPSA) is 32.3 Å². The van der Waals surface area contributed by atoms with E-state index in [0.29, 0.717) is 6.04 Å². The molecule has 1 aliphatic rings. The highest BCUT2D eigenvalue weighted by Crippen LogP contribution is 2.26. The second-order valence-corrected chi connectivity index (χ2v) is 7.18. The summed E-state index contributed by atoms with van der Waals surface area (Å²) in [5, 5.41) is 3.32. The van der Waals surface area contributed by atoms with Gasteiger partial charge in [0, 0.05) is 35.0 Å². The molecule has 19 heavy (non-hydrogen) atoms. The Bertz CT molecular complexity index is 438. The Morgan fingerprint density at radius 3 is 2.79 bits per heavy atom. The molecule has 0 spiro atoms. The maximum atomic E-state index is 12.4. The molecule has 1 aromatic carbocycles. The normalized spacial score (nSPS) is 21.2. The van der Waals surface area contributed by atoms with Gasteiger partial charge >= 0.3 is 0 Å². The van der Waals surface area contributed by atoms with E-state index in [0.717, 1.165) is 29.0 Å². The monoisotopic (exact) mass is 342 g/mol. The molecule has 1 N–H and O–H groups in total. The third-order valence-corrected chi connectivity index (χ3v) is 4.78. The number of rotatable bonds is 3. The van der Waals surface area contributed by atoms with E-state index in [9.17, 15) is 4.79 Å². The number of carbonyl (C=O) groups excluding carboxylic acids is 1. The molecule has 1 amide bonds. The molecule has 0 bridgehead atoms. The van der Waals surface area contributed by atoms with Crippen LogP contribution in [0.1, 0.15) is 13.8 Å². The van der Waals surface area contributed by atoms with Crippen LogP contribution in [0.4, 0.5) is 0 Å². The number of nitrogens with one attached hydrogen (secondary N) is 1. The molecule has 2 rings (SSSR count). The molecule has 0 radical (unpaired) electrons. The SMILES string of the molecule is CC1CN(C(=O)C(C)Sc2ccc(Br)cc2)CCN1. The Morgan fingerprint density at radius 1 is 1.47 bits per heavy atom. The maximum Gasteiger partial charge on any atom is 0.235 e. The molecule has 0 saturated carbocycles. The van der Waals surface area contributed by atoms with E-state index in [2.05, 4.69) is 28.2 Å². The molecular formula is C14H19BrN2OS. The highest BCUT2D eigenvalue weighted by Gasteiger charge is 2.25. The van der Waals surface area contributed by atoms with Gasteiger partial charge in [0.25, 0.3) is 0 Å². The summed E-state index contributed by atoms with van der Waals surface area (Å²) in [5.74, 6) is 0.237. The summed E-state index contributed by atoms with van der Waals surface area (Å²) in [6.45, 7) is 6.62. The van der Waals surface area contributed by atoms with Crippen LogP contribution in [0, 0.1) is 0 Å². The van der Waals surface area contributed by atoms with Crippen LogP contribution >= 0.6 is 27.7 Å². The van der Waals surface area contributed by atoms with E-state index < -0.39 is 0 Å². The Labute approximate surface area is 127 Å². The summed E-state index contributed by atoms with van der Waals surface area (Å²) < 4.78 is 1.06. The van der Waals surface area contributed by atoms with Gasteiger partial charge in [-0.3, -0.25) is 4.79 Å². The zero-order valence-corrected chi connectivity index (χ0v) is 13.6. The first kappa shape index (κ1) is 14.9. The van der Waals surface area contributed by atoms with Crippen LogP contribution in [0.5, 0.6) is 0 Å². The van der Waals surface area contributed by atoms with Gasteiger partial charge in [-0.1, -0.05) is 15.9 Å². The zero-order valence-electron chi connectivity index (χ0n) is 11.2. The van der Waals surface area contributed by atoms with Crippen molar-refractivity contribution in [3.8, 4) is 0 Å². The van der Waals surface area contributed by atoms with E-state index in [1.165, 1.54) is 0 Å². The number of carbonyl (C=O) groups is 1. The third-order valence-electron chi connectivity index (χ3n) is 3.15. The van der Waals surface area contributed by atoms with E-state index in [1.807, 2.05) is 36.1 Å². The second-order valence-electron chi connectivity index (χ2n) is 4.85. The average Bonchev–Trinajstić information content (AvgIpc) is 2.40. The molecule has 1 heterocycles. The lowest BCUT2D eigenvalue weighted by Gasteiger charge is -2.33. The van der Waals surface area contributed by atoms with Gasteiger partial charge in [-0.2, -0.15) is 0 Å². The van der Waals surface area contributed by atoms with Crippen LogP contribution in [-0.2, 0) is 4.79 Å². The van der Waals surface area contributed by atoms with Crippen LogP contribution in [-0.4, -0.2) is 41.7 Å². The lowest BCUT2D eigenvalue weighted by atomic mass is 10.2. The molecule has 1 aliphatic heterocycles. The fourth-order valence-electron chi connectivity index (χ4n) is 2.16. The lowest BCUT2D eigenvalue weighted by Crippen LogP contribution is -2.53. The second kappa shape index (κ2) is 6.77. The van der Waals surface area contributed by atoms with Crippen molar-refractivity contribution in [2.24, 2.45) is 0 Å². The van der Waals surface area contributed by atoms with E-state index in [-0.39, 0.29) is 11.2 Å². The lowest BCUT2D eigenvalue weighted by molar-refractivity contribution is -0.131. The van der Waals surface area contributed by atoms with Gasteiger partial charge in [-0.15, -0.1) is 11.8 Å². The van der Waals surface area contributed by atoms with Crippen molar-refractivity contribution in [1.29, 1.82) is 0 Å². The van der Waals surface area contributed by atoms with Crippen molar-refractivity contribution in [3.05, 3.63) is 28.7 Å². The number of piperazine rings is 1. The Hall–Kier alpha value is -0.520. The predicted octanol–water partition coefficient (Wildman–Crippen LogP) is 2.75. The molecule has 104 valence electrons. The van der Waals surface area contributed by atoms with E-state index in [1.54, 1.807) is 11.8 Å². The quantitative estimate of drug-likeness (QED) is 0.857. The summed E-state index contributed by atoms with van der Waals surface area (Å²) >= 11 is 5.04. The first-order chi connectivity index (χ1) is 9.06. The van der Waals surface area contributed by atoms with Crippen LogP contribution in [0.2, 0.25) is 0 Å². The molecule has 0 aromatic heterocycles. The van der Waals surface area contributed by atoms with Gasteiger partial charge in [0.1, 0.15) is 0 Å². The molecule has 1 fully saturated rings. The molecule has 2 atom stereocenters. The van der Waals surface area contributed by atoms with Gasteiger partial charge in [0.05, 0.1) is 5.25 Å². The van der Waals surface area contributed by atoms with Crippen LogP contribution in [0.25, 0.3) is 0 Å². The Kier molecular flexibility index (Phi) is 5.30. The minimum absolute atomic E-state index is 0.0357. The van der Waals surface area contributed by atoms with E-state index >= 15 is 0 Å². The number of thioether (sulfide) groups is 1. The predicted molar refractivity (Wildman–Crippen MR) is 83.5 cm³/mol. The van der Waals surface area contributed by atoms with Gasteiger partial charge in [0.15, 0.2) is 0 Å². The number of benzene rings is 1. The minimum atomic E-state index is -0.0357. The molecular weight excluding hydrogens is 324 g/mol. The zero-order chi connectivity index (χ0) is 13.8. The van der Waals surface area contributed by atoms with Crippen LogP contribution < -0.4 is 5.32 Å². The largest absolute Gasteiger partial charge is 0.339 e. The number of halogens is 1. The van der Waals surface area contributed by atoms with Crippen molar-refractivity contribution in [2.45, 2.75) is 30.0 Å².